The van der Waals surface area contributed by atoms with E-state index in [2.05, 4.69) is 0 Å². The average Bonchev–Trinajstić information content (AvgIpc) is 3.30. The summed E-state index contributed by atoms with van der Waals surface area (Å²) in [5.41, 5.74) is 2.30. The second-order valence-corrected chi connectivity index (χ2v) is 8.22. The number of furan rings is 1. The number of carbonyl (C=O) groups is 2. The number of aliphatic hydroxyl groups excluding tert-OH is 1. The van der Waals surface area contributed by atoms with E-state index in [4.69, 9.17) is 9.15 Å². The maximum Gasteiger partial charge on any atom is 0.290 e. The summed E-state index contributed by atoms with van der Waals surface area (Å²) < 4.78 is 11.1. The van der Waals surface area contributed by atoms with Gasteiger partial charge in [-0.05, 0) is 56.9 Å². The lowest BCUT2D eigenvalue weighted by Gasteiger charge is -2.28. The SMILES string of the molecule is COc1cccc(C2C(C(=O)c3cc4cc(C)ccc4o3)=C(O)C(=O)N2CCN(C)C)c1. The summed E-state index contributed by atoms with van der Waals surface area (Å²) in [7, 11) is 5.35. The first-order chi connectivity index (χ1) is 15.3. The van der Waals surface area contributed by atoms with Crippen molar-refractivity contribution in [1.82, 2.24) is 9.80 Å². The lowest BCUT2D eigenvalue weighted by Crippen LogP contribution is -2.36. The Labute approximate surface area is 186 Å². The van der Waals surface area contributed by atoms with Gasteiger partial charge in [-0.15, -0.1) is 0 Å². The number of likely N-dealkylation sites (N-methyl/N-ethyl adjacent to an activating group) is 1. The molecule has 1 unspecified atom stereocenters. The van der Waals surface area contributed by atoms with Crippen molar-refractivity contribution in [3.63, 3.8) is 0 Å². The highest BCUT2D eigenvalue weighted by molar-refractivity contribution is 6.16. The van der Waals surface area contributed by atoms with E-state index in [0.717, 1.165) is 10.9 Å². The molecule has 2 aromatic carbocycles. The molecule has 3 aromatic rings. The minimum Gasteiger partial charge on any atom is -0.503 e. The fourth-order valence-corrected chi connectivity index (χ4v) is 3.99. The summed E-state index contributed by atoms with van der Waals surface area (Å²) in [6.07, 6.45) is 0. The first kappa shape index (κ1) is 21.6. The molecule has 1 atom stereocenters. The van der Waals surface area contributed by atoms with E-state index in [1.165, 1.54) is 4.90 Å². The molecule has 4 rings (SSSR count). The van der Waals surface area contributed by atoms with Crippen LogP contribution in [0.3, 0.4) is 0 Å². The molecule has 0 aliphatic carbocycles. The highest BCUT2D eigenvalue weighted by Gasteiger charge is 2.44. The second kappa shape index (κ2) is 8.51. The number of nitrogens with zero attached hydrogens (tertiary/aromatic N) is 2. The smallest absolute Gasteiger partial charge is 0.290 e. The third-order valence-corrected chi connectivity index (χ3v) is 5.64. The summed E-state index contributed by atoms with van der Waals surface area (Å²) in [5.74, 6) is -0.944. The number of Topliss-reactive ketones (excluding diaryl/α,β-unsaturated/α-hetero) is 1. The van der Waals surface area contributed by atoms with E-state index in [1.807, 2.05) is 44.1 Å². The molecule has 0 spiro atoms. The van der Waals surface area contributed by atoms with Crippen LogP contribution in [-0.2, 0) is 4.79 Å². The molecule has 1 aliphatic rings. The number of benzene rings is 2. The summed E-state index contributed by atoms with van der Waals surface area (Å²) in [4.78, 5) is 30.0. The fraction of sp³-hybridized carbons (Fsp3) is 0.280. The van der Waals surface area contributed by atoms with Gasteiger partial charge in [-0.3, -0.25) is 9.59 Å². The van der Waals surface area contributed by atoms with Gasteiger partial charge in [0.05, 0.1) is 18.7 Å². The quantitative estimate of drug-likeness (QED) is 0.568. The predicted molar refractivity (Wildman–Crippen MR) is 121 cm³/mol. The van der Waals surface area contributed by atoms with Crippen molar-refractivity contribution in [1.29, 1.82) is 0 Å². The molecule has 7 heteroatoms. The number of rotatable bonds is 7. The predicted octanol–water partition coefficient (Wildman–Crippen LogP) is 3.89. The summed E-state index contributed by atoms with van der Waals surface area (Å²) >= 11 is 0. The largest absolute Gasteiger partial charge is 0.503 e. The molecule has 0 saturated heterocycles. The van der Waals surface area contributed by atoms with E-state index < -0.39 is 23.5 Å². The van der Waals surface area contributed by atoms with E-state index in [0.29, 0.717) is 30.0 Å². The first-order valence-electron chi connectivity index (χ1n) is 10.4. The minimum atomic E-state index is -0.750. The van der Waals surface area contributed by atoms with Gasteiger partial charge in [-0.2, -0.15) is 0 Å². The second-order valence-electron chi connectivity index (χ2n) is 8.22. The maximum absolute atomic E-state index is 13.5. The number of aliphatic hydroxyl groups is 1. The van der Waals surface area contributed by atoms with E-state index in [-0.39, 0.29) is 11.3 Å². The highest BCUT2D eigenvalue weighted by atomic mass is 16.5. The molecule has 1 aromatic heterocycles. The molecule has 0 radical (unpaired) electrons. The average molecular weight is 434 g/mol. The number of ether oxygens (including phenoxy) is 1. The van der Waals surface area contributed by atoms with Gasteiger partial charge in [-0.25, -0.2) is 0 Å². The Bertz CT molecular complexity index is 1220. The summed E-state index contributed by atoms with van der Waals surface area (Å²) in [6, 6.07) is 13.7. The van der Waals surface area contributed by atoms with Gasteiger partial charge in [0.2, 0.25) is 5.78 Å². The lowest BCUT2D eigenvalue weighted by molar-refractivity contribution is -0.129. The molecule has 32 heavy (non-hydrogen) atoms. The number of fused-ring (bicyclic) bond motifs is 1. The van der Waals surface area contributed by atoms with Crippen molar-refractivity contribution < 1.29 is 23.8 Å². The Morgan fingerprint density at radius 3 is 2.69 bits per heavy atom. The van der Waals surface area contributed by atoms with Crippen LogP contribution in [0, 0.1) is 6.92 Å². The van der Waals surface area contributed by atoms with Gasteiger partial charge in [0.15, 0.2) is 11.5 Å². The number of ketones is 1. The fourth-order valence-electron chi connectivity index (χ4n) is 3.99. The zero-order chi connectivity index (χ0) is 23.0. The number of hydrogen-bond donors (Lipinski definition) is 1. The van der Waals surface area contributed by atoms with Crippen LogP contribution in [0.5, 0.6) is 5.75 Å². The van der Waals surface area contributed by atoms with Crippen molar-refractivity contribution in [3.8, 4) is 5.75 Å². The Morgan fingerprint density at radius 2 is 1.97 bits per heavy atom. The third-order valence-electron chi connectivity index (χ3n) is 5.64. The van der Waals surface area contributed by atoms with Crippen LogP contribution in [0.25, 0.3) is 11.0 Å². The first-order valence-corrected chi connectivity index (χ1v) is 10.4. The van der Waals surface area contributed by atoms with Crippen molar-refractivity contribution in [3.05, 3.63) is 76.8 Å². The molecule has 0 saturated carbocycles. The van der Waals surface area contributed by atoms with Crippen molar-refractivity contribution in [2.75, 3.05) is 34.3 Å². The van der Waals surface area contributed by atoms with Crippen molar-refractivity contribution in [2.24, 2.45) is 0 Å². The van der Waals surface area contributed by atoms with Gasteiger partial charge < -0.3 is 24.1 Å². The molecular weight excluding hydrogens is 408 g/mol. The van der Waals surface area contributed by atoms with Crippen LogP contribution in [0.4, 0.5) is 0 Å². The van der Waals surface area contributed by atoms with Gasteiger partial charge in [0.1, 0.15) is 11.3 Å². The highest BCUT2D eigenvalue weighted by Crippen LogP contribution is 2.40. The van der Waals surface area contributed by atoms with Gasteiger partial charge in [-0.1, -0.05) is 23.8 Å². The molecule has 1 amide bonds. The number of methoxy groups -OCH3 is 1. The molecule has 166 valence electrons. The van der Waals surface area contributed by atoms with E-state index in [1.54, 1.807) is 37.4 Å². The maximum atomic E-state index is 13.5. The van der Waals surface area contributed by atoms with Crippen molar-refractivity contribution in [2.45, 2.75) is 13.0 Å². The number of carbonyl (C=O) groups excluding carboxylic acids is 2. The normalized spacial score (nSPS) is 16.5. The molecule has 0 bridgehead atoms. The molecule has 1 N–H and O–H groups in total. The number of aryl methyl sites for hydroxylation is 1. The molecular formula is C25H26N2O5. The Hall–Kier alpha value is -3.58. The Kier molecular flexibility index (Phi) is 5.76. The monoisotopic (exact) mass is 434 g/mol. The molecule has 2 heterocycles. The van der Waals surface area contributed by atoms with Crippen LogP contribution in [0.15, 0.2) is 64.3 Å². The van der Waals surface area contributed by atoms with Gasteiger partial charge in [0, 0.05) is 18.5 Å². The topological polar surface area (TPSA) is 83.2 Å². The summed E-state index contributed by atoms with van der Waals surface area (Å²) in [5, 5.41) is 11.6. The standard InChI is InChI=1S/C25H26N2O5/c1-15-8-9-19-17(12-15)14-20(32-19)23(28)21-22(16-6-5-7-18(13-16)31-4)27(11-10-26(2)3)25(30)24(21)29/h5-9,12-14,22,29H,10-11H2,1-4H3. The third kappa shape index (κ3) is 3.87. The number of hydrogen-bond acceptors (Lipinski definition) is 6. The van der Waals surface area contributed by atoms with Gasteiger partial charge in [0.25, 0.3) is 5.91 Å². The van der Waals surface area contributed by atoms with Crippen LogP contribution >= 0.6 is 0 Å². The zero-order valence-corrected chi connectivity index (χ0v) is 18.6. The Balaban J connectivity index is 1.80. The number of amides is 1. The molecule has 7 nitrogen and oxygen atoms in total. The Morgan fingerprint density at radius 1 is 1.19 bits per heavy atom. The van der Waals surface area contributed by atoms with Gasteiger partial charge >= 0.3 is 0 Å². The van der Waals surface area contributed by atoms with Crippen LogP contribution < -0.4 is 4.74 Å². The van der Waals surface area contributed by atoms with E-state index >= 15 is 0 Å². The molecule has 0 fully saturated rings. The van der Waals surface area contributed by atoms with E-state index in [9.17, 15) is 14.7 Å². The molecule has 1 aliphatic heterocycles. The van der Waals surface area contributed by atoms with Crippen LogP contribution in [0.2, 0.25) is 0 Å². The van der Waals surface area contributed by atoms with Crippen LogP contribution in [0.1, 0.15) is 27.7 Å². The minimum absolute atomic E-state index is 0.0118. The van der Waals surface area contributed by atoms with Crippen molar-refractivity contribution >= 4 is 22.7 Å². The zero-order valence-electron chi connectivity index (χ0n) is 18.6. The summed E-state index contributed by atoms with van der Waals surface area (Å²) in [6.45, 7) is 2.87. The van der Waals surface area contributed by atoms with Crippen LogP contribution in [-0.4, -0.2) is 60.9 Å². The lowest BCUT2D eigenvalue weighted by atomic mass is 9.95.